The highest BCUT2D eigenvalue weighted by Gasteiger charge is 2.18. The molecule has 34 heavy (non-hydrogen) atoms. The molecule has 0 unspecified atom stereocenters. The fourth-order valence-electron chi connectivity index (χ4n) is 3.08. The molecule has 8 nitrogen and oxygen atoms in total. The zero-order valence-corrected chi connectivity index (χ0v) is 19.5. The summed E-state index contributed by atoms with van der Waals surface area (Å²) in [4.78, 5) is 35.9. The minimum absolute atomic E-state index is 0.124. The van der Waals surface area contributed by atoms with Crippen molar-refractivity contribution >= 4 is 44.1 Å². The maximum atomic E-state index is 12.6. The normalized spacial score (nSPS) is 11.1. The number of nitrogens with one attached hydrogen (secondary N) is 1. The lowest BCUT2D eigenvalue weighted by molar-refractivity contribution is -0.146. The average Bonchev–Trinajstić information content (AvgIpc) is 2.85. The van der Waals surface area contributed by atoms with Crippen LogP contribution >= 0.6 is 0 Å². The Labute approximate surface area is 197 Å². The van der Waals surface area contributed by atoms with Crippen LogP contribution in [0, 0.1) is 0 Å². The molecule has 0 saturated carbocycles. The predicted octanol–water partition coefficient (Wildman–Crippen LogP) is 3.75. The Kier molecular flexibility index (Phi) is 8.37. The van der Waals surface area contributed by atoms with E-state index in [-0.39, 0.29) is 11.3 Å². The van der Waals surface area contributed by atoms with E-state index in [2.05, 4.69) is 5.32 Å². The Hall–Kier alpha value is -3.72. The van der Waals surface area contributed by atoms with Crippen LogP contribution in [0.1, 0.15) is 30.1 Å². The lowest BCUT2D eigenvalue weighted by atomic mass is 10.1. The van der Waals surface area contributed by atoms with Crippen molar-refractivity contribution in [1.82, 2.24) is 0 Å². The van der Waals surface area contributed by atoms with Gasteiger partial charge in [0, 0.05) is 5.69 Å². The summed E-state index contributed by atoms with van der Waals surface area (Å²) in [5.41, 5.74) is 0.762. The van der Waals surface area contributed by atoms with E-state index >= 15 is 0 Å². The first-order chi connectivity index (χ1) is 16.3. The Balaban J connectivity index is 1.46. The van der Waals surface area contributed by atoms with Gasteiger partial charge >= 0.3 is 11.9 Å². The summed E-state index contributed by atoms with van der Waals surface area (Å²) in [7, 11) is -3.69. The van der Waals surface area contributed by atoms with Crippen molar-refractivity contribution in [3.05, 3.63) is 72.3 Å². The van der Waals surface area contributed by atoms with Crippen LogP contribution in [0.5, 0.6) is 0 Å². The van der Waals surface area contributed by atoms with Crippen molar-refractivity contribution in [2.75, 3.05) is 24.3 Å². The molecule has 0 heterocycles. The quantitative estimate of drug-likeness (QED) is 0.437. The van der Waals surface area contributed by atoms with Gasteiger partial charge in [0.25, 0.3) is 5.91 Å². The van der Waals surface area contributed by atoms with E-state index in [1.165, 1.54) is 30.3 Å². The fourth-order valence-corrected chi connectivity index (χ4v) is 4.33. The number of esters is 2. The minimum atomic E-state index is -3.69. The third-order valence-corrected chi connectivity index (χ3v) is 6.57. The number of ether oxygens (including phenoxy) is 2. The van der Waals surface area contributed by atoms with Crippen molar-refractivity contribution < 1.29 is 32.3 Å². The molecule has 0 saturated heterocycles. The lowest BCUT2D eigenvalue weighted by Crippen LogP contribution is -2.22. The van der Waals surface area contributed by atoms with E-state index in [1.54, 1.807) is 12.1 Å². The smallest absolute Gasteiger partial charge is 0.338 e. The van der Waals surface area contributed by atoms with Gasteiger partial charge in [-0.25, -0.2) is 13.2 Å². The van der Waals surface area contributed by atoms with E-state index in [1.807, 2.05) is 31.2 Å². The summed E-state index contributed by atoms with van der Waals surface area (Å²) in [5.74, 6) is -2.27. The number of fused-ring (bicyclic) bond motifs is 1. The molecular formula is C25H25NO7S. The van der Waals surface area contributed by atoms with Crippen molar-refractivity contribution in [1.29, 1.82) is 0 Å². The van der Waals surface area contributed by atoms with E-state index in [9.17, 15) is 22.8 Å². The van der Waals surface area contributed by atoms with Gasteiger partial charge in [-0.05, 0) is 53.6 Å². The minimum Gasteiger partial charge on any atom is -0.462 e. The van der Waals surface area contributed by atoms with Crippen LogP contribution in [0.25, 0.3) is 10.8 Å². The zero-order chi connectivity index (χ0) is 24.6. The summed E-state index contributed by atoms with van der Waals surface area (Å²) >= 11 is 0. The monoisotopic (exact) mass is 483 g/mol. The third-order valence-electron chi connectivity index (χ3n) is 4.86. The molecule has 0 radical (unpaired) electrons. The van der Waals surface area contributed by atoms with Crippen LogP contribution in [0.2, 0.25) is 0 Å². The van der Waals surface area contributed by atoms with Gasteiger partial charge in [-0.15, -0.1) is 0 Å². The van der Waals surface area contributed by atoms with Gasteiger partial charge in [0.05, 0.1) is 29.2 Å². The van der Waals surface area contributed by atoms with E-state index in [0.29, 0.717) is 24.3 Å². The second-order valence-electron chi connectivity index (χ2n) is 7.50. The number of sulfone groups is 1. The number of rotatable bonds is 10. The highest BCUT2D eigenvalue weighted by atomic mass is 32.2. The number of anilines is 1. The number of carbonyl (C=O) groups is 3. The van der Waals surface area contributed by atoms with Crippen LogP contribution < -0.4 is 5.32 Å². The molecule has 3 aromatic rings. The summed E-state index contributed by atoms with van der Waals surface area (Å²) < 4.78 is 35.1. The van der Waals surface area contributed by atoms with Gasteiger partial charge < -0.3 is 14.8 Å². The number of hydrogen-bond acceptors (Lipinski definition) is 7. The number of hydrogen-bond donors (Lipinski definition) is 1. The molecule has 9 heteroatoms. The SMILES string of the molecule is CCCOC(=O)c1ccc(NC(=O)COC(=O)CCS(=O)(=O)c2ccc3ccccc3c2)cc1. The van der Waals surface area contributed by atoms with Crippen molar-refractivity contribution in [2.24, 2.45) is 0 Å². The zero-order valence-electron chi connectivity index (χ0n) is 18.7. The summed E-state index contributed by atoms with van der Waals surface area (Å²) in [6, 6.07) is 18.2. The highest BCUT2D eigenvalue weighted by molar-refractivity contribution is 7.91. The van der Waals surface area contributed by atoms with Crippen molar-refractivity contribution in [3.63, 3.8) is 0 Å². The fraction of sp³-hybridized carbons (Fsp3) is 0.240. The third kappa shape index (κ3) is 6.89. The standard InChI is InChI=1S/C25H25NO7S/c1-2-14-32-25(29)19-7-10-21(11-8-19)26-23(27)17-33-24(28)13-15-34(30,31)22-12-9-18-5-3-4-6-20(18)16-22/h3-12,16H,2,13-15,17H2,1H3,(H,26,27). The molecule has 0 aromatic heterocycles. The molecule has 1 amide bonds. The van der Waals surface area contributed by atoms with Gasteiger partial charge in [0.2, 0.25) is 0 Å². The molecule has 0 atom stereocenters. The van der Waals surface area contributed by atoms with Crippen LogP contribution in [0.3, 0.4) is 0 Å². The van der Waals surface area contributed by atoms with Gasteiger partial charge in [0.15, 0.2) is 16.4 Å². The molecule has 1 N–H and O–H groups in total. The van der Waals surface area contributed by atoms with Gasteiger partial charge in [-0.2, -0.15) is 0 Å². The van der Waals surface area contributed by atoms with E-state index in [4.69, 9.17) is 9.47 Å². The molecule has 3 rings (SSSR count). The first-order valence-electron chi connectivity index (χ1n) is 10.7. The van der Waals surface area contributed by atoms with E-state index < -0.39 is 40.0 Å². The van der Waals surface area contributed by atoms with Gasteiger partial charge in [-0.3, -0.25) is 9.59 Å². The molecule has 0 spiro atoms. The molecule has 0 aliphatic carbocycles. The number of amides is 1. The lowest BCUT2D eigenvalue weighted by Gasteiger charge is -2.08. The second kappa shape index (κ2) is 11.4. The first-order valence-corrected chi connectivity index (χ1v) is 12.4. The predicted molar refractivity (Wildman–Crippen MR) is 127 cm³/mol. The van der Waals surface area contributed by atoms with Crippen LogP contribution in [-0.4, -0.2) is 45.2 Å². The average molecular weight is 484 g/mol. The summed E-state index contributed by atoms with van der Waals surface area (Å²) in [6.45, 7) is 1.66. The topological polar surface area (TPSA) is 116 Å². The number of benzene rings is 3. The molecule has 0 fully saturated rings. The molecule has 0 aliphatic heterocycles. The highest BCUT2D eigenvalue weighted by Crippen LogP contribution is 2.20. The van der Waals surface area contributed by atoms with Crippen molar-refractivity contribution in [2.45, 2.75) is 24.7 Å². The van der Waals surface area contributed by atoms with Crippen LogP contribution in [0.4, 0.5) is 5.69 Å². The summed E-state index contributed by atoms with van der Waals surface area (Å²) in [6.07, 6.45) is 0.338. The molecule has 0 aliphatic rings. The summed E-state index contributed by atoms with van der Waals surface area (Å²) in [5, 5.41) is 4.24. The molecule has 0 bridgehead atoms. The van der Waals surface area contributed by atoms with E-state index in [0.717, 1.165) is 10.8 Å². The van der Waals surface area contributed by atoms with Gasteiger partial charge in [-0.1, -0.05) is 37.3 Å². The first kappa shape index (κ1) is 24.9. The van der Waals surface area contributed by atoms with Crippen LogP contribution in [0.15, 0.2) is 71.6 Å². The largest absolute Gasteiger partial charge is 0.462 e. The molecule has 3 aromatic carbocycles. The Bertz CT molecular complexity index is 1280. The number of carbonyl (C=O) groups excluding carboxylic acids is 3. The van der Waals surface area contributed by atoms with Crippen molar-refractivity contribution in [3.8, 4) is 0 Å². The maximum Gasteiger partial charge on any atom is 0.338 e. The van der Waals surface area contributed by atoms with Crippen LogP contribution in [-0.2, 0) is 28.9 Å². The van der Waals surface area contributed by atoms with Gasteiger partial charge in [0.1, 0.15) is 0 Å². The Morgan fingerprint density at radius 1 is 0.882 bits per heavy atom. The Morgan fingerprint density at radius 2 is 1.59 bits per heavy atom. The Morgan fingerprint density at radius 3 is 2.29 bits per heavy atom. The maximum absolute atomic E-state index is 12.6. The molecular weight excluding hydrogens is 458 g/mol. The second-order valence-corrected chi connectivity index (χ2v) is 9.61. The molecule has 178 valence electrons.